The van der Waals surface area contributed by atoms with Crippen molar-refractivity contribution in [3.63, 3.8) is 0 Å². The van der Waals surface area contributed by atoms with Gasteiger partial charge in [-0.05, 0) is 57.4 Å². The number of Topliss-reactive ketones (excluding diaryl/α,β-unsaturated/α-hetero) is 1. The molecule has 0 radical (unpaired) electrons. The molecule has 0 spiro atoms. The molecule has 4 nitrogen and oxygen atoms in total. The molecule has 20 heavy (non-hydrogen) atoms. The molecule has 0 aliphatic carbocycles. The molecule has 1 N–H and O–H groups in total. The monoisotopic (exact) mass is 278 g/mol. The lowest BCUT2D eigenvalue weighted by molar-refractivity contribution is -0.137. The third kappa shape index (κ3) is 4.68. The van der Waals surface area contributed by atoms with Crippen LogP contribution in [0, 0.1) is 13.8 Å². The van der Waals surface area contributed by atoms with E-state index in [1.807, 2.05) is 39.8 Å². The van der Waals surface area contributed by atoms with Crippen molar-refractivity contribution < 1.29 is 19.4 Å². The summed E-state index contributed by atoms with van der Waals surface area (Å²) in [6, 6.07) is 3.72. The second-order valence-electron chi connectivity index (χ2n) is 5.27. The average molecular weight is 278 g/mol. The number of ketones is 1. The first kappa shape index (κ1) is 16.2. The van der Waals surface area contributed by atoms with E-state index in [1.54, 1.807) is 0 Å². The molecule has 0 fully saturated rings. The van der Waals surface area contributed by atoms with Gasteiger partial charge in [-0.2, -0.15) is 0 Å². The fourth-order valence-electron chi connectivity index (χ4n) is 2.23. The summed E-state index contributed by atoms with van der Waals surface area (Å²) in [4.78, 5) is 22.6. The summed E-state index contributed by atoms with van der Waals surface area (Å²) in [5, 5.41) is 8.60. The van der Waals surface area contributed by atoms with Gasteiger partial charge in [0.15, 0.2) is 5.78 Å². The number of carbonyl (C=O) groups is 2. The summed E-state index contributed by atoms with van der Waals surface area (Å²) in [5.41, 5.74) is 2.44. The molecule has 0 saturated heterocycles. The molecule has 1 aromatic rings. The fourth-order valence-corrected chi connectivity index (χ4v) is 2.23. The van der Waals surface area contributed by atoms with Gasteiger partial charge in [0, 0.05) is 18.4 Å². The van der Waals surface area contributed by atoms with Gasteiger partial charge in [0.25, 0.3) is 0 Å². The maximum absolute atomic E-state index is 12.2. The Bertz CT molecular complexity index is 480. The second kappa shape index (κ2) is 7.08. The van der Waals surface area contributed by atoms with Gasteiger partial charge in [-0.25, -0.2) is 0 Å². The van der Waals surface area contributed by atoms with E-state index in [0.717, 1.165) is 16.9 Å². The van der Waals surface area contributed by atoms with Crippen LogP contribution in [0.1, 0.15) is 54.6 Å². The molecule has 4 heteroatoms. The summed E-state index contributed by atoms with van der Waals surface area (Å²) >= 11 is 0. The number of carboxylic acid groups (broad SMARTS) is 1. The first-order chi connectivity index (χ1) is 9.31. The summed E-state index contributed by atoms with van der Waals surface area (Å²) in [5.74, 6) is -0.110. The van der Waals surface area contributed by atoms with Gasteiger partial charge < -0.3 is 9.84 Å². The van der Waals surface area contributed by atoms with E-state index >= 15 is 0 Å². The van der Waals surface area contributed by atoms with Crippen LogP contribution in [0.25, 0.3) is 0 Å². The van der Waals surface area contributed by atoms with E-state index in [1.165, 1.54) is 0 Å². The SMILES string of the molecule is Cc1cc(OC(C)C)cc(C)c1C(=O)CCCC(=O)O. The Hall–Kier alpha value is -1.84. The largest absolute Gasteiger partial charge is 0.491 e. The van der Waals surface area contributed by atoms with Crippen LogP contribution in [0.4, 0.5) is 0 Å². The van der Waals surface area contributed by atoms with Gasteiger partial charge in [0.05, 0.1) is 6.10 Å². The lowest BCUT2D eigenvalue weighted by Gasteiger charge is -2.14. The Labute approximate surface area is 119 Å². The van der Waals surface area contributed by atoms with E-state index in [2.05, 4.69) is 0 Å². The molecule has 0 aliphatic heterocycles. The number of carbonyl (C=O) groups excluding carboxylic acids is 1. The van der Waals surface area contributed by atoms with Crippen molar-refractivity contribution in [1.82, 2.24) is 0 Å². The number of hydrogen-bond acceptors (Lipinski definition) is 3. The van der Waals surface area contributed by atoms with Crippen molar-refractivity contribution in [2.24, 2.45) is 0 Å². The standard InChI is InChI=1S/C16H22O4/c1-10(2)20-13-8-11(3)16(12(4)9-13)14(17)6-5-7-15(18)19/h8-10H,5-7H2,1-4H3,(H,18,19). The first-order valence-corrected chi connectivity index (χ1v) is 6.84. The molecular weight excluding hydrogens is 256 g/mol. The maximum atomic E-state index is 12.2. The minimum Gasteiger partial charge on any atom is -0.491 e. The first-order valence-electron chi connectivity index (χ1n) is 6.84. The highest BCUT2D eigenvalue weighted by Crippen LogP contribution is 2.24. The van der Waals surface area contributed by atoms with Gasteiger partial charge in [0.2, 0.25) is 0 Å². The summed E-state index contributed by atoms with van der Waals surface area (Å²) in [6.45, 7) is 7.67. The molecule has 0 aliphatic rings. The highest BCUT2D eigenvalue weighted by atomic mass is 16.5. The Morgan fingerprint density at radius 3 is 2.15 bits per heavy atom. The summed E-state index contributed by atoms with van der Waals surface area (Å²) in [7, 11) is 0. The van der Waals surface area contributed by atoms with E-state index in [9.17, 15) is 9.59 Å². The van der Waals surface area contributed by atoms with E-state index in [-0.39, 0.29) is 24.7 Å². The predicted molar refractivity (Wildman–Crippen MR) is 77.5 cm³/mol. The van der Waals surface area contributed by atoms with Crippen LogP contribution in [0.5, 0.6) is 5.75 Å². The topological polar surface area (TPSA) is 63.6 Å². The molecule has 110 valence electrons. The lowest BCUT2D eigenvalue weighted by Crippen LogP contribution is -2.09. The van der Waals surface area contributed by atoms with Crippen molar-refractivity contribution in [2.75, 3.05) is 0 Å². The van der Waals surface area contributed by atoms with Gasteiger partial charge in [0.1, 0.15) is 5.75 Å². The molecular formula is C16H22O4. The van der Waals surface area contributed by atoms with Crippen LogP contribution in [0.2, 0.25) is 0 Å². The second-order valence-corrected chi connectivity index (χ2v) is 5.27. The van der Waals surface area contributed by atoms with E-state index in [0.29, 0.717) is 12.0 Å². The molecule has 0 saturated carbocycles. The zero-order valence-corrected chi connectivity index (χ0v) is 12.5. The van der Waals surface area contributed by atoms with Crippen LogP contribution >= 0.6 is 0 Å². The molecule has 0 bridgehead atoms. The molecule has 0 atom stereocenters. The highest BCUT2D eigenvalue weighted by molar-refractivity contribution is 5.99. The number of benzene rings is 1. The fraction of sp³-hybridized carbons (Fsp3) is 0.500. The molecule has 1 aromatic carbocycles. The van der Waals surface area contributed by atoms with Crippen molar-refractivity contribution in [3.8, 4) is 5.75 Å². The number of aliphatic carboxylic acids is 1. The predicted octanol–water partition coefficient (Wildman–Crippen LogP) is 3.53. The van der Waals surface area contributed by atoms with Gasteiger partial charge >= 0.3 is 5.97 Å². The number of hydrogen-bond donors (Lipinski definition) is 1. The van der Waals surface area contributed by atoms with E-state index < -0.39 is 5.97 Å². The Morgan fingerprint density at radius 2 is 1.70 bits per heavy atom. The van der Waals surface area contributed by atoms with Crippen LogP contribution in [-0.4, -0.2) is 23.0 Å². The normalized spacial score (nSPS) is 10.7. The van der Waals surface area contributed by atoms with Gasteiger partial charge in [-0.3, -0.25) is 9.59 Å². The zero-order chi connectivity index (χ0) is 15.3. The van der Waals surface area contributed by atoms with Crippen LogP contribution in [-0.2, 0) is 4.79 Å². The maximum Gasteiger partial charge on any atom is 0.303 e. The van der Waals surface area contributed by atoms with Crippen molar-refractivity contribution >= 4 is 11.8 Å². The smallest absolute Gasteiger partial charge is 0.303 e. The molecule has 0 heterocycles. The Kier molecular flexibility index (Phi) is 5.74. The number of rotatable bonds is 7. The molecule has 0 amide bonds. The van der Waals surface area contributed by atoms with E-state index in [4.69, 9.17) is 9.84 Å². The van der Waals surface area contributed by atoms with Gasteiger partial charge in [-0.1, -0.05) is 0 Å². The minimum absolute atomic E-state index is 0.00246. The van der Waals surface area contributed by atoms with Crippen molar-refractivity contribution in [2.45, 2.75) is 53.1 Å². The van der Waals surface area contributed by atoms with Crippen molar-refractivity contribution in [1.29, 1.82) is 0 Å². The minimum atomic E-state index is -0.869. The zero-order valence-electron chi connectivity index (χ0n) is 12.5. The van der Waals surface area contributed by atoms with Crippen LogP contribution in [0.15, 0.2) is 12.1 Å². The van der Waals surface area contributed by atoms with Crippen molar-refractivity contribution in [3.05, 3.63) is 28.8 Å². The quantitative estimate of drug-likeness (QED) is 0.775. The lowest BCUT2D eigenvalue weighted by atomic mass is 9.96. The number of ether oxygens (including phenoxy) is 1. The summed E-state index contributed by atoms with van der Waals surface area (Å²) in [6.07, 6.45) is 0.750. The summed E-state index contributed by atoms with van der Waals surface area (Å²) < 4.78 is 5.63. The molecule has 0 aromatic heterocycles. The third-order valence-electron chi connectivity index (χ3n) is 2.95. The highest BCUT2D eigenvalue weighted by Gasteiger charge is 2.14. The van der Waals surface area contributed by atoms with Crippen LogP contribution in [0.3, 0.4) is 0 Å². The third-order valence-corrected chi connectivity index (χ3v) is 2.95. The number of aryl methyl sites for hydroxylation is 2. The molecule has 0 unspecified atom stereocenters. The van der Waals surface area contributed by atoms with Crippen LogP contribution < -0.4 is 4.74 Å². The Morgan fingerprint density at radius 1 is 1.15 bits per heavy atom. The Balaban J connectivity index is 2.84. The number of carboxylic acids is 1. The molecule has 1 rings (SSSR count). The van der Waals surface area contributed by atoms with Gasteiger partial charge in [-0.15, -0.1) is 0 Å². The average Bonchev–Trinajstić information content (AvgIpc) is 2.26.